The maximum Gasteiger partial charge on any atom is 0.410 e. The van der Waals surface area contributed by atoms with E-state index in [0.29, 0.717) is 5.65 Å². The molecule has 0 radical (unpaired) electrons. The minimum absolute atomic E-state index is 0.0818. The van der Waals surface area contributed by atoms with E-state index >= 15 is 0 Å². The van der Waals surface area contributed by atoms with Gasteiger partial charge in [0.15, 0.2) is 17.4 Å². The lowest BCUT2D eigenvalue weighted by Gasteiger charge is -2.33. The van der Waals surface area contributed by atoms with Crippen molar-refractivity contribution in [3.8, 4) is 11.3 Å². The molecule has 10 heteroatoms. The molecule has 0 bridgehead atoms. The molecule has 0 spiro atoms. The Balaban J connectivity index is 1.53. The number of fused-ring (bicyclic) bond motifs is 2. The van der Waals surface area contributed by atoms with Crippen molar-refractivity contribution in [2.24, 2.45) is 0 Å². The molecule has 1 aromatic carbocycles. The molecule has 3 aromatic heterocycles. The monoisotopic (exact) mass is 412 g/mol. The van der Waals surface area contributed by atoms with Crippen molar-refractivity contribution in [3.63, 3.8) is 0 Å². The van der Waals surface area contributed by atoms with Crippen LogP contribution in [0.5, 0.6) is 0 Å². The molecule has 152 valence electrons. The summed E-state index contributed by atoms with van der Waals surface area (Å²) in [7, 11) is 0. The summed E-state index contributed by atoms with van der Waals surface area (Å²) in [6.45, 7) is -0.0818. The van der Waals surface area contributed by atoms with Gasteiger partial charge in [-0.1, -0.05) is 30.3 Å². The van der Waals surface area contributed by atoms with E-state index in [1.54, 1.807) is 16.8 Å². The van der Waals surface area contributed by atoms with Crippen LogP contribution in [0, 0.1) is 0 Å². The number of rotatable bonds is 2. The summed E-state index contributed by atoms with van der Waals surface area (Å²) >= 11 is 0. The predicted octanol–water partition coefficient (Wildman–Crippen LogP) is 3.75. The number of benzene rings is 1. The molecule has 1 amide bonds. The van der Waals surface area contributed by atoms with Gasteiger partial charge in [-0.3, -0.25) is 9.69 Å². The van der Waals surface area contributed by atoms with E-state index in [4.69, 9.17) is 0 Å². The highest BCUT2D eigenvalue weighted by atomic mass is 19.4. The number of nitrogens with zero attached hydrogens (tertiary/aromatic N) is 6. The molecule has 1 aliphatic heterocycles. The van der Waals surface area contributed by atoms with Gasteiger partial charge >= 0.3 is 6.18 Å². The number of anilines is 1. The first-order valence-corrected chi connectivity index (χ1v) is 9.26. The lowest BCUT2D eigenvalue weighted by molar-refractivity contribution is -0.172. The van der Waals surface area contributed by atoms with Crippen LogP contribution in [0.25, 0.3) is 16.9 Å². The number of hydrogen-bond donors (Lipinski definition) is 0. The van der Waals surface area contributed by atoms with E-state index in [0.717, 1.165) is 15.9 Å². The SMILES string of the molecule is O=C(c1cc2nccc(-c3ccccc3)n2n1)N1CC[C@H](C(F)(F)F)n2nccc21. The van der Waals surface area contributed by atoms with Crippen molar-refractivity contribution in [1.29, 1.82) is 0 Å². The summed E-state index contributed by atoms with van der Waals surface area (Å²) in [6.07, 6.45) is -1.83. The minimum Gasteiger partial charge on any atom is -0.291 e. The van der Waals surface area contributed by atoms with Gasteiger partial charge in [0, 0.05) is 30.4 Å². The zero-order valence-electron chi connectivity index (χ0n) is 15.5. The van der Waals surface area contributed by atoms with Gasteiger partial charge in [0.1, 0.15) is 5.82 Å². The quantitative estimate of drug-likeness (QED) is 0.503. The average Bonchev–Trinajstić information content (AvgIpc) is 3.39. The summed E-state index contributed by atoms with van der Waals surface area (Å²) in [5, 5.41) is 8.19. The van der Waals surface area contributed by atoms with Crippen LogP contribution >= 0.6 is 0 Å². The molecule has 0 saturated heterocycles. The summed E-state index contributed by atoms with van der Waals surface area (Å²) in [5.41, 5.74) is 2.22. The molecule has 4 aromatic rings. The number of alkyl halides is 3. The molecule has 30 heavy (non-hydrogen) atoms. The van der Waals surface area contributed by atoms with E-state index in [-0.39, 0.29) is 24.5 Å². The Hall–Kier alpha value is -3.69. The van der Waals surface area contributed by atoms with Crippen molar-refractivity contribution in [3.05, 3.63) is 66.6 Å². The second kappa shape index (κ2) is 6.68. The Bertz CT molecular complexity index is 1230. The Kier molecular flexibility index (Phi) is 4.09. The zero-order chi connectivity index (χ0) is 20.9. The second-order valence-electron chi connectivity index (χ2n) is 6.93. The maximum atomic E-state index is 13.3. The molecular formula is C20H15F3N6O. The van der Waals surface area contributed by atoms with Crippen molar-refractivity contribution in [2.45, 2.75) is 18.6 Å². The van der Waals surface area contributed by atoms with E-state index in [2.05, 4.69) is 15.2 Å². The van der Waals surface area contributed by atoms with E-state index in [9.17, 15) is 18.0 Å². The number of carbonyl (C=O) groups excluding carboxylic acids is 1. The highest BCUT2D eigenvalue weighted by molar-refractivity contribution is 6.05. The van der Waals surface area contributed by atoms with Gasteiger partial charge in [0.25, 0.3) is 5.91 Å². The molecule has 0 unspecified atom stereocenters. The van der Waals surface area contributed by atoms with Crippen LogP contribution in [0.1, 0.15) is 23.0 Å². The highest BCUT2D eigenvalue weighted by Crippen LogP contribution is 2.39. The lowest BCUT2D eigenvalue weighted by Crippen LogP contribution is -2.43. The maximum absolute atomic E-state index is 13.3. The van der Waals surface area contributed by atoms with Gasteiger partial charge in [0.05, 0.1) is 11.9 Å². The van der Waals surface area contributed by atoms with Crippen LogP contribution in [-0.4, -0.2) is 43.0 Å². The standard InChI is InChI=1S/C20H15F3N6O/c21-20(22,23)16-8-11-27(18-7-10-25-29(16)18)19(30)14-12-17-24-9-6-15(28(17)26-14)13-4-2-1-3-5-13/h1-7,9-10,12,16H,8,11H2/t16-/m1/s1. The Morgan fingerprint density at radius 3 is 2.63 bits per heavy atom. The topological polar surface area (TPSA) is 68.3 Å². The highest BCUT2D eigenvalue weighted by Gasteiger charge is 2.46. The molecule has 1 aliphatic rings. The normalized spacial score (nSPS) is 16.6. The third-order valence-electron chi connectivity index (χ3n) is 5.12. The fourth-order valence-corrected chi connectivity index (χ4v) is 3.72. The van der Waals surface area contributed by atoms with E-state index in [1.807, 2.05) is 30.3 Å². The van der Waals surface area contributed by atoms with Gasteiger partial charge in [-0.25, -0.2) is 14.2 Å². The zero-order valence-corrected chi connectivity index (χ0v) is 15.5. The average molecular weight is 412 g/mol. The first-order chi connectivity index (χ1) is 14.4. The molecule has 4 heterocycles. The predicted molar refractivity (Wildman–Crippen MR) is 102 cm³/mol. The first-order valence-electron chi connectivity index (χ1n) is 9.26. The molecule has 1 atom stereocenters. The number of hydrogen-bond acceptors (Lipinski definition) is 4. The van der Waals surface area contributed by atoms with Crippen molar-refractivity contribution < 1.29 is 18.0 Å². The number of aromatic nitrogens is 5. The van der Waals surface area contributed by atoms with Crippen LogP contribution in [0.15, 0.2) is 60.9 Å². The lowest BCUT2D eigenvalue weighted by atomic mass is 10.1. The van der Waals surface area contributed by atoms with Crippen LogP contribution in [0.2, 0.25) is 0 Å². The van der Waals surface area contributed by atoms with Crippen LogP contribution < -0.4 is 4.90 Å². The largest absolute Gasteiger partial charge is 0.410 e. The smallest absolute Gasteiger partial charge is 0.291 e. The summed E-state index contributed by atoms with van der Waals surface area (Å²) < 4.78 is 42.3. The van der Waals surface area contributed by atoms with Gasteiger partial charge in [-0.05, 0) is 12.5 Å². The van der Waals surface area contributed by atoms with Crippen molar-refractivity contribution >= 4 is 17.4 Å². The third-order valence-corrected chi connectivity index (χ3v) is 5.12. The fraction of sp³-hybridized carbons (Fsp3) is 0.200. The Labute approximate surface area is 168 Å². The van der Waals surface area contributed by atoms with Gasteiger partial charge in [-0.15, -0.1) is 0 Å². The number of halogens is 3. The summed E-state index contributed by atoms with van der Waals surface area (Å²) in [5.74, 6) is -0.399. The van der Waals surface area contributed by atoms with Crippen LogP contribution in [0.3, 0.4) is 0 Å². The fourth-order valence-electron chi connectivity index (χ4n) is 3.72. The molecule has 5 rings (SSSR count). The Morgan fingerprint density at radius 2 is 1.87 bits per heavy atom. The van der Waals surface area contributed by atoms with Crippen LogP contribution in [0.4, 0.5) is 19.0 Å². The molecule has 0 saturated carbocycles. The number of amides is 1. The molecule has 0 fully saturated rings. The van der Waals surface area contributed by atoms with Crippen molar-refractivity contribution in [2.75, 3.05) is 11.4 Å². The summed E-state index contributed by atoms with van der Waals surface area (Å²) in [4.78, 5) is 18.7. The van der Waals surface area contributed by atoms with E-state index in [1.165, 1.54) is 23.2 Å². The minimum atomic E-state index is -4.44. The summed E-state index contributed by atoms with van der Waals surface area (Å²) in [6, 6.07) is 12.5. The molecule has 0 N–H and O–H groups in total. The second-order valence-corrected chi connectivity index (χ2v) is 6.93. The molecule has 0 aliphatic carbocycles. The third kappa shape index (κ3) is 2.92. The molecular weight excluding hydrogens is 397 g/mol. The molecule has 7 nitrogen and oxygen atoms in total. The number of carbonyl (C=O) groups is 1. The van der Waals surface area contributed by atoms with Gasteiger partial charge in [-0.2, -0.15) is 23.4 Å². The van der Waals surface area contributed by atoms with Crippen molar-refractivity contribution in [1.82, 2.24) is 24.4 Å². The first kappa shape index (κ1) is 18.3. The Morgan fingerprint density at radius 1 is 1.07 bits per heavy atom. The van der Waals surface area contributed by atoms with Gasteiger partial charge < -0.3 is 0 Å². The van der Waals surface area contributed by atoms with E-state index < -0.39 is 18.1 Å². The van der Waals surface area contributed by atoms with Gasteiger partial charge in [0.2, 0.25) is 0 Å². The van der Waals surface area contributed by atoms with Crippen LogP contribution in [-0.2, 0) is 0 Å².